The number of nitrogens with zero attached hydrogens (tertiary/aromatic N) is 1. The van der Waals surface area contributed by atoms with E-state index in [1.54, 1.807) is 19.1 Å². The number of halogens is 3. The van der Waals surface area contributed by atoms with Crippen molar-refractivity contribution in [2.24, 2.45) is 4.99 Å². The van der Waals surface area contributed by atoms with Gasteiger partial charge in [0.25, 0.3) is 5.91 Å². The first-order valence-electron chi connectivity index (χ1n) is 9.26. The van der Waals surface area contributed by atoms with Gasteiger partial charge in [-0.1, -0.05) is 24.3 Å². The van der Waals surface area contributed by atoms with E-state index in [0.29, 0.717) is 24.6 Å². The number of guanidine groups is 1. The van der Waals surface area contributed by atoms with Crippen LogP contribution in [0.1, 0.15) is 41.4 Å². The normalized spacial score (nSPS) is 12.0. The highest BCUT2D eigenvalue weighted by atomic mass is 127. The molecule has 5 nitrogen and oxygen atoms in total. The zero-order valence-electron chi connectivity index (χ0n) is 16.8. The number of hydrogen-bond acceptors (Lipinski definition) is 2. The summed E-state index contributed by atoms with van der Waals surface area (Å²) in [6.07, 6.45) is 0. The van der Waals surface area contributed by atoms with E-state index in [0.717, 1.165) is 5.56 Å². The molecule has 1 unspecified atom stereocenters. The van der Waals surface area contributed by atoms with Crippen LogP contribution < -0.4 is 16.0 Å². The summed E-state index contributed by atoms with van der Waals surface area (Å²) in [5.41, 5.74) is 1.41. The van der Waals surface area contributed by atoms with Gasteiger partial charge in [-0.15, -0.1) is 24.0 Å². The predicted octanol–water partition coefficient (Wildman–Crippen LogP) is 3.94. The molecule has 0 radical (unpaired) electrons. The van der Waals surface area contributed by atoms with Gasteiger partial charge in [0.1, 0.15) is 11.6 Å². The van der Waals surface area contributed by atoms with Crippen LogP contribution in [-0.4, -0.2) is 31.5 Å². The Hall–Kier alpha value is -2.23. The minimum absolute atomic E-state index is 0. The Bertz CT molecular complexity index is 845. The van der Waals surface area contributed by atoms with E-state index in [2.05, 4.69) is 20.9 Å². The first-order chi connectivity index (χ1) is 13.4. The first-order valence-corrected chi connectivity index (χ1v) is 9.26. The second kappa shape index (κ2) is 12.4. The van der Waals surface area contributed by atoms with Gasteiger partial charge in [0.2, 0.25) is 0 Å². The maximum atomic E-state index is 13.8. The van der Waals surface area contributed by atoms with Crippen molar-refractivity contribution in [1.29, 1.82) is 0 Å². The summed E-state index contributed by atoms with van der Waals surface area (Å²) in [5, 5.41) is 8.96. The van der Waals surface area contributed by atoms with Crippen LogP contribution in [0.4, 0.5) is 8.78 Å². The summed E-state index contributed by atoms with van der Waals surface area (Å²) in [6, 6.07) is 10.8. The molecule has 0 aliphatic rings. The summed E-state index contributed by atoms with van der Waals surface area (Å²) in [4.78, 5) is 16.4. The van der Waals surface area contributed by atoms with Gasteiger partial charge < -0.3 is 16.0 Å². The van der Waals surface area contributed by atoms with Crippen LogP contribution in [0.5, 0.6) is 0 Å². The molecule has 0 heterocycles. The van der Waals surface area contributed by atoms with Crippen LogP contribution in [0, 0.1) is 18.6 Å². The fourth-order valence-electron chi connectivity index (χ4n) is 2.56. The molecule has 8 heteroatoms. The van der Waals surface area contributed by atoms with Gasteiger partial charge in [-0.3, -0.25) is 9.79 Å². The van der Waals surface area contributed by atoms with Crippen molar-refractivity contribution in [1.82, 2.24) is 16.0 Å². The number of carbonyl (C=O) groups is 1. The fraction of sp³-hybridized carbons (Fsp3) is 0.333. The van der Waals surface area contributed by atoms with Gasteiger partial charge in [0.05, 0.1) is 18.2 Å². The molecule has 0 saturated heterocycles. The largest absolute Gasteiger partial charge is 0.357 e. The SMILES string of the molecule is CCNC(=NCCNC(=O)c1ccccc1F)NC(C)c1ccc(C)c(F)c1.I. The second-order valence-corrected chi connectivity index (χ2v) is 6.37. The molecule has 0 aliphatic heterocycles. The number of aryl methyl sites for hydroxylation is 1. The van der Waals surface area contributed by atoms with Gasteiger partial charge in [-0.25, -0.2) is 8.78 Å². The van der Waals surface area contributed by atoms with E-state index in [4.69, 9.17) is 0 Å². The molecule has 0 bridgehead atoms. The molecule has 158 valence electrons. The second-order valence-electron chi connectivity index (χ2n) is 6.37. The number of hydrogen-bond donors (Lipinski definition) is 3. The lowest BCUT2D eigenvalue weighted by Gasteiger charge is -2.18. The van der Waals surface area contributed by atoms with E-state index in [-0.39, 0.29) is 47.9 Å². The molecule has 0 spiro atoms. The highest BCUT2D eigenvalue weighted by molar-refractivity contribution is 14.0. The highest BCUT2D eigenvalue weighted by Gasteiger charge is 2.11. The molecule has 1 amide bonds. The minimum Gasteiger partial charge on any atom is -0.357 e. The van der Waals surface area contributed by atoms with Crippen LogP contribution in [0.2, 0.25) is 0 Å². The molecule has 0 aromatic heterocycles. The molecule has 0 fully saturated rings. The van der Waals surface area contributed by atoms with Crippen LogP contribution >= 0.6 is 24.0 Å². The Labute approximate surface area is 187 Å². The quantitative estimate of drug-likeness (QED) is 0.226. The van der Waals surface area contributed by atoms with Crippen molar-refractivity contribution in [3.8, 4) is 0 Å². The number of carbonyl (C=O) groups excluding carboxylic acids is 1. The van der Waals surface area contributed by atoms with Crippen molar-refractivity contribution in [2.45, 2.75) is 26.8 Å². The van der Waals surface area contributed by atoms with Gasteiger partial charge in [-0.2, -0.15) is 0 Å². The summed E-state index contributed by atoms with van der Waals surface area (Å²) in [7, 11) is 0. The van der Waals surface area contributed by atoms with Crippen LogP contribution in [0.15, 0.2) is 47.5 Å². The molecule has 29 heavy (non-hydrogen) atoms. The standard InChI is InChI=1S/C21H26F2N4O.HI/c1-4-24-21(27-15(3)16-10-9-14(2)19(23)13-16)26-12-11-25-20(28)17-7-5-6-8-18(17)22;/h5-10,13,15H,4,11-12H2,1-3H3,(H,25,28)(H2,24,26,27);1H. The number of nitrogens with one attached hydrogen (secondary N) is 3. The lowest BCUT2D eigenvalue weighted by atomic mass is 10.1. The smallest absolute Gasteiger partial charge is 0.254 e. The van der Waals surface area contributed by atoms with E-state index in [1.807, 2.05) is 19.9 Å². The third-order valence-electron chi connectivity index (χ3n) is 4.18. The van der Waals surface area contributed by atoms with Crippen molar-refractivity contribution < 1.29 is 13.6 Å². The van der Waals surface area contributed by atoms with E-state index in [9.17, 15) is 13.6 Å². The lowest BCUT2D eigenvalue weighted by Crippen LogP contribution is -2.39. The molecule has 1 atom stereocenters. The average molecular weight is 516 g/mol. The number of rotatable bonds is 7. The van der Waals surface area contributed by atoms with Gasteiger partial charge in [-0.05, 0) is 50.1 Å². The van der Waals surface area contributed by atoms with E-state index >= 15 is 0 Å². The molecule has 0 saturated carbocycles. The topological polar surface area (TPSA) is 65.5 Å². The number of amides is 1. The van der Waals surface area contributed by atoms with Gasteiger partial charge >= 0.3 is 0 Å². The van der Waals surface area contributed by atoms with E-state index in [1.165, 1.54) is 24.3 Å². The van der Waals surface area contributed by atoms with E-state index < -0.39 is 11.7 Å². The summed E-state index contributed by atoms with van der Waals surface area (Å²) < 4.78 is 27.4. The lowest BCUT2D eigenvalue weighted by molar-refractivity contribution is 0.0951. The number of benzene rings is 2. The Morgan fingerprint density at radius 2 is 1.83 bits per heavy atom. The average Bonchev–Trinajstić information content (AvgIpc) is 2.67. The molecular weight excluding hydrogens is 489 g/mol. The Morgan fingerprint density at radius 1 is 1.10 bits per heavy atom. The predicted molar refractivity (Wildman–Crippen MR) is 123 cm³/mol. The Morgan fingerprint density at radius 3 is 2.48 bits per heavy atom. The Kier molecular flexibility index (Phi) is 10.6. The van der Waals surface area contributed by atoms with Gasteiger partial charge in [0.15, 0.2) is 5.96 Å². The third-order valence-corrected chi connectivity index (χ3v) is 4.18. The number of aliphatic imine (C=N–C) groups is 1. The van der Waals surface area contributed by atoms with Crippen LogP contribution in [0.25, 0.3) is 0 Å². The zero-order valence-corrected chi connectivity index (χ0v) is 19.1. The summed E-state index contributed by atoms with van der Waals surface area (Å²) in [6.45, 7) is 6.80. The molecule has 2 aromatic carbocycles. The monoisotopic (exact) mass is 516 g/mol. The van der Waals surface area contributed by atoms with Crippen molar-refractivity contribution in [3.05, 3.63) is 70.8 Å². The van der Waals surface area contributed by atoms with Gasteiger partial charge in [0, 0.05) is 13.1 Å². The summed E-state index contributed by atoms with van der Waals surface area (Å²) >= 11 is 0. The summed E-state index contributed by atoms with van der Waals surface area (Å²) in [5.74, 6) is -0.729. The van der Waals surface area contributed by atoms with Crippen molar-refractivity contribution >= 4 is 35.8 Å². The third kappa shape index (κ3) is 7.60. The van der Waals surface area contributed by atoms with Crippen LogP contribution in [-0.2, 0) is 0 Å². The minimum atomic E-state index is -0.558. The van der Waals surface area contributed by atoms with Crippen LogP contribution in [0.3, 0.4) is 0 Å². The zero-order chi connectivity index (χ0) is 20.5. The maximum absolute atomic E-state index is 13.8. The highest BCUT2D eigenvalue weighted by Crippen LogP contribution is 2.16. The molecule has 2 aromatic rings. The molecular formula is C21H27F2IN4O. The molecule has 3 N–H and O–H groups in total. The molecule has 0 aliphatic carbocycles. The fourth-order valence-corrected chi connectivity index (χ4v) is 2.56. The molecule has 2 rings (SSSR count). The maximum Gasteiger partial charge on any atom is 0.254 e. The Balaban J connectivity index is 0.00000420. The van der Waals surface area contributed by atoms with Crippen molar-refractivity contribution in [3.63, 3.8) is 0 Å². The van der Waals surface area contributed by atoms with Crippen molar-refractivity contribution in [2.75, 3.05) is 19.6 Å². The first kappa shape index (κ1) is 24.8.